The molecule has 1 atom stereocenters. The fourth-order valence-corrected chi connectivity index (χ4v) is 2.43. The fourth-order valence-electron chi connectivity index (χ4n) is 1.90. The first-order valence-electron chi connectivity index (χ1n) is 5.30. The van der Waals surface area contributed by atoms with Gasteiger partial charge in [-0.1, -0.05) is 29.8 Å². The lowest BCUT2D eigenvalue weighted by atomic mass is 9.94. The average molecular weight is 270 g/mol. The van der Waals surface area contributed by atoms with Gasteiger partial charge in [0.15, 0.2) is 0 Å². The highest BCUT2D eigenvalue weighted by atomic mass is 79.9. The van der Waals surface area contributed by atoms with Crippen molar-refractivity contribution in [2.24, 2.45) is 11.7 Å². The zero-order valence-corrected chi connectivity index (χ0v) is 10.7. The quantitative estimate of drug-likeness (QED) is 0.896. The van der Waals surface area contributed by atoms with Gasteiger partial charge in [-0.05, 0) is 23.6 Å². The topological polar surface area (TPSA) is 35.2 Å². The predicted molar refractivity (Wildman–Crippen MR) is 65.1 cm³/mol. The highest BCUT2D eigenvalue weighted by Crippen LogP contribution is 2.37. The van der Waals surface area contributed by atoms with Gasteiger partial charge in [0.1, 0.15) is 5.75 Å². The zero-order chi connectivity index (χ0) is 11.0. The van der Waals surface area contributed by atoms with Crippen molar-refractivity contribution in [2.75, 3.05) is 6.61 Å². The van der Waals surface area contributed by atoms with Crippen LogP contribution in [0.4, 0.5) is 0 Å². The molecule has 0 aliphatic carbocycles. The minimum Gasteiger partial charge on any atom is -0.493 e. The van der Waals surface area contributed by atoms with Crippen LogP contribution in [-0.4, -0.2) is 6.61 Å². The Kier molecular flexibility index (Phi) is 3.03. The molecule has 1 unspecified atom stereocenters. The average Bonchev–Trinajstić information content (AvgIpc) is 2.62. The van der Waals surface area contributed by atoms with E-state index in [1.165, 1.54) is 5.56 Å². The van der Waals surface area contributed by atoms with Gasteiger partial charge in [0, 0.05) is 22.5 Å². The highest BCUT2D eigenvalue weighted by molar-refractivity contribution is 9.10. The van der Waals surface area contributed by atoms with Gasteiger partial charge in [-0.15, -0.1) is 0 Å². The summed E-state index contributed by atoms with van der Waals surface area (Å²) in [6, 6.07) is 4.25. The minimum absolute atomic E-state index is 0.0503. The van der Waals surface area contributed by atoms with Crippen molar-refractivity contribution < 1.29 is 4.74 Å². The molecule has 2 N–H and O–H groups in total. The van der Waals surface area contributed by atoms with E-state index in [0.29, 0.717) is 5.92 Å². The molecular formula is C12H16BrNO. The fraction of sp³-hybridized carbons (Fsp3) is 0.500. The number of rotatable bonds is 2. The molecule has 1 aliphatic heterocycles. The molecule has 1 aromatic carbocycles. The highest BCUT2D eigenvalue weighted by Gasteiger charge is 2.22. The Hall–Kier alpha value is -0.540. The van der Waals surface area contributed by atoms with Crippen molar-refractivity contribution in [3.8, 4) is 5.75 Å². The molecule has 0 saturated carbocycles. The summed E-state index contributed by atoms with van der Waals surface area (Å²) in [5.41, 5.74) is 8.58. The van der Waals surface area contributed by atoms with Crippen molar-refractivity contribution in [3.05, 3.63) is 27.7 Å². The van der Waals surface area contributed by atoms with Crippen molar-refractivity contribution in [3.63, 3.8) is 0 Å². The Morgan fingerprint density at radius 2 is 2.13 bits per heavy atom. The van der Waals surface area contributed by atoms with Crippen LogP contribution in [-0.2, 0) is 6.42 Å². The number of ether oxygens (including phenoxy) is 1. The molecule has 0 spiro atoms. The third kappa shape index (κ3) is 2.04. The monoisotopic (exact) mass is 269 g/mol. The number of hydrogen-bond donors (Lipinski definition) is 1. The molecule has 0 amide bonds. The summed E-state index contributed by atoms with van der Waals surface area (Å²) in [7, 11) is 0. The molecule has 0 saturated heterocycles. The van der Waals surface area contributed by atoms with Gasteiger partial charge in [-0.3, -0.25) is 0 Å². The summed E-state index contributed by atoms with van der Waals surface area (Å²) in [4.78, 5) is 0. The summed E-state index contributed by atoms with van der Waals surface area (Å²) in [6.45, 7) is 5.05. The van der Waals surface area contributed by atoms with E-state index in [4.69, 9.17) is 10.5 Å². The lowest BCUT2D eigenvalue weighted by Gasteiger charge is -2.19. The second-order valence-electron chi connectivity index (χ2n) is 4.35. The van der Waals surface area contributed by atoms with E-state index in [0.717, 1.165) is 28.8 Å². The molecule has 15 heavy (non-hydrogen) atoms. The van der Waals surface area contributed by atoms with Crippen molar-refractivity contribution in [2.45, 2.75) is 26.3 Å². The maximum Gasteiger partial charge on any atom is 0.127 e. The molecule has 82 valence electrons. The first kappa shape index (κ1) is 11.0. The Balaban J connectivity index is 2.47. The van der Waals surface area contributed by atoms with Crippen LogP contribution in [0, 0.1) is 5.92 Å². The first-order chi connectivity index (χ1) is 7.09. The van der Waals surface area contributed by atoms with Crippen LogP contribution >= 0.6 is 15.9 Å². The van der Waals surface area contributed by atoms with Crippen molar-refractivity contribution in [1.82, 2.24) is 0 Å². The number of halogens is 1. The van der Waals surface area contributed by atoms with Gasteiger partial charge in [-0.25, -0.2) is 0 Å². The van der Waals surface area contributed by atoms with Crippen LogP contribution in [0.1, 0.15) is 31.0 Å². The molecule has 2 rings (SSSR count). The van der Waals surface area contributed by atoms with E-state index in [9.17, 15) is 0 Å². The standard InChI is InChI=1S/C12H16BrNO/c1-7(2)11(14)10-6-9(13)5-8-3-4-15-12(8)10/h5-7,11H,3-4,14H2,1-2H3. The van der Waals surface area contributed by atoms with E-state index >= 15 is 0 Å². The Labute approximate surface area is 98.9 Å². The summed E-state index contributed by atoms with van der Waals surface area (Å²) in [5.74, 6) is 1.44. The third-order valence-corrected chi connectivity index (χ3v) is 3.31. The molecule has 1 aromatic rings. The summed E-state index contributed by atoms with van der Waals surface area (Å²) in [6.07, 6.45) is 0.993. The van der Waals surface area contributed by atoms with Gasteiger partial charge in [-0.2, -0.15) is 0 Å². The van der Waals surface area contributed by atoms with E-state index in [2.05, 4.69) is 41.9 Å². The molecule has 3 heteroatoms. The van der Waals surface area contributed by atoms with E-state index in [-0.39, 0.29) is 6.04 Å². The lowest BCUT2D eigenvalue weighted by Crippen LogP contribution is -2.17. The molecule has 0 fully saturated rings. The second-order valence-corrected chi connectivity index (χ2v) is 5.27. The molecule has 0 aromatic heterocycles. The lowest BCUT2D eigenvalue weighted by molar-refractivity contribution is 0.347. The Morgan fingerprint density at radius 1 is 1.40 bits per heavy atom. The zero-order valence-electron chi connectivity index (χ0n) is 9.09. The summed E-state index contributed by atoms with van der Waals surface area (Å²) < 4.78 is 6.75. The largest absolute Gasteiger partial charge is 0.493 e. The first-order valence-corrected chi connectivity index (χ1v) is 6.09. The normalized spacial score (nSPS) is 16.3. The van der Waals surface area contributed by atoms with E-state index < -0.39 is 0 Å². The molecule has 1 aliphatic rings. The van der Waals surface area contributed by atoms with Crippen LogP contribution in [0.2, 0.25) is 0 Å². The van der Waals surface area contributed by atoms with Gasteiger partial charge in [0.05, 0.1) is 6.61 Å². The van der Waals surface area contributed by atoms with Crippen LogP contribution in [0.15, 0.2) is 16.6 Å². The molecule has 2 nitrogen and oxygen atoms in total. The smallest absolute Gasteiger partial charge is 0.127 e. The Morgan fingerprint density at radius 3 is 2.80 bits per heavy atom. The van der Waals surface area contributed by atoms with Gasteiger partial charge in [0.25, 0.3) is 0 Å². The number of nitrogens with two attached hydrogens (primary N) is 1. The molecule has 0 bridgehead atoms. The van der Waals surface area contributed by atoms with Crippen molar-refractivity contribution >= 4 is 15.9 Å². The number of fused-ring (bicyclic) bond motifs is 1. The van der Waals surface area contributed by atoms with Crippen LogP contribution in [0.25, 0.3) is 0 Å². The number of benzene rings is 1. The number of hydrogen-bond acceptors (Lipinski definition) is 2. The SMILES string of the molecule is CC(C)C(N)c1cc(Br)cc2c1OCC2. The molecule has 0 radical (unpaired) electrons. The van der Waals surface area contributed by atoms with Crippen LogP contribution in [0.5, 0.6) is 5.75 Å². The minimum atomic E-state index is 0.0503. The van der Waals surface area contributed by atoms with E-state index in [1.54, 1.807) is 0 Å². The maximum absolute atomic E-state index is 6.18. The van der Waals surface area contributed by atoms with Gasteiger partial charge in [0.2, 0.25) is 0 Å². The molecular weight excluding hydrogens is 254 g/mol. The van der Waals surface area contributed by atoms with Crippen LogP contribution in [0.3, 0.4) is 0 Å². The predicted octanol–water partition coefficient (Wildman–Crippen LogP) is 3.04. The van der Waals surface area contributed by atoms with Gasteiger partial charge < -0.3 is 10.5 Å². The third-order valence-electron chi connectivity index (χ3n) is 2.85. The summed E-state index contributed by atoms with van der Waals surface area (Å²) >= 11 is 3.52. The van der Waals surface area contributed by atoms with Crippen molar-refractivity contribution in [1.29, 1.82) is 0 Å². The second kappa shape index (κ2) is 4.14. The summed E-state index contributed by atoms with van der Waals surface area (Å²) in [5, 5.41) is 0. The maximum atomic E-state index is 6.18. The van der Waals surface area contributed by atoms with Gasteiger partial charge >= 0.3 is 0 Å². The van der Waals surface area contributed by atoms with E-state index in [1.807, 2.05) is 0 Å². The van der Waals surface area contributed by atoms with Crippen LogP contribution < -0.4 is 10.5 Å². The Bertz CT molecular complexity index is 376. The molecule has 1 heterocycles.